The first-order valence-corrected chi connectivity index (χ1v) is 6.97. The van der Waals surface area contributed by atoms with Gasteiger partial charge in [0.15, 0.2) is 0 Å². The van der Waals surface area contributed by atoms with E-state index < -0.39 is 10.8 Å². The Kier molecular flexibility index (Phi) is 3.73. The Morgan fingerprint density at radius 2 is 2.12 bits per heavy atom. The number of hydrogen-bond acceptors (Lipinski definition) is 4. The average molecular weight is 253 g/mol. The summed E-state index contributed by atoms with van der Waals surface area (Å²) in [7, 11) is 1.04. The molecular formula is C11H15N3O2S. The molecular weight excluding hydrogens is 238 g/mol. The maximum absolute atomic E-state index is 12.1. The molecule has 2 heterocycles. The molecule has 5 nitrogen and oxygen atoms in total. The van der Waals surface area contributed by atoms with E-state index in [9.17, 15) is 9.00 Å². The molecule has 0 aliphatic carbocycles. The van der Waals surface area contributed by atoms with E-state index in [1.54, 1.807) is 24.2 Å². The van der Waals surface area contributed by atoms with E-state index in [1.807, 2.05) is 6.07 Å². The van der Waals surface area contributed by atoms with Crippen LogP contribution in [0.25, 0.3) is 0 Å². The number of nitrogens with zero attached hydrogens (tertiary/aromatic N) is 2. The standard InChI is InChI=1S/C11H15N3O2S/c1-12-9-2-3-10(13-8-9)11(15)14-4-6-17(16)7-5-14/h2-3,8,12H,4-7H2,1H3. The molecule has 0 radical (unpaired) electrons. The van der Waals surface area contributed by atoms with Crippen LogP contribution in [0.15, 0.2) is 18.3 Å². The quantitative estimate of drug-likeness (QED) is 0.825. The van der Waals surface area contributed by atoms with E-state index in [0.717, 1.165) is 5.69 Å². The van der Waals surface area contributed by atoms with E-state index in [0.29, 0.717) is 30.3 Å². The molecule has 1 N–H and O–H groups in total. The van der Waals surface area contributed by atoms with Crippen molar-refractivity contribution in [3.05, 3.63) is 24.0 Å². The lowest BCUT2D eigenvalue weighted by Crippen LogP contribution is -2.42. The van der Waals surface area contributed by atoms with Gasteiger partial charge in [0, 0.05) is 42.4 Å². The molecule has 2 rings (SSSR count). The Morgan fingerprint density at radius 1 is 1.41 bits per heavy atom. The first-order valence-electron chi connectivity index (χ1n) is 5.49. The molecule has 1 fully saturated rings. The Morgan fingerprint density at radius 3 is 2.65 bits per heavy atom. The highest BCUT2D eigenvalue weighted by molar-refractivity contribution is 7.85. The zero-order valence-electron chi connectivity index (χ0n) is 9.68. The normalized spacial score (nSPS) is 16.9. The van der Waals surface area contributed by atoms with Crippen molar-refractivity contribution in [3.8, 4) is 0 Å². The van der Waals surface area contributed by atoms with Gasteiger partial charge in [-0.3, -0.25) is 9.00 Å². The van der Waals surface area contributed by atoms with Crippen molar-refractivity contribution < 1.29 is 9.00 Å². The topological polar surface area (TPSA) is 62.3 Å². The van der Waals surface area contributed by atoms with Crippen LogP contribution >= 0.6 is 0 Å². The number of carbonyl (C=O) groups is 1. The van der Waals surface area contributed by atoms with E-state index in [-0.39, 0.29) is 5.91 Å². The van der Waals surface area contributed by atoms with Gasteiger partial charge in [-0.2, -0.15) is 0 Å². The molecule has 92 valence electrons. The SMILES string of the molecule is CNc1ccc(C(=O)N2CCS(=O)CC2)nc1. The van der Waals surface area contributed by atoms with Gasteiger partial charge in [-0.15, -0.1) is 0 Å². The number of hydrogen-bond donors (Lipinski definition) is 1. The van der Waals surface area contributed by atoms with Crippen molar-refractivity contribution in [3.63, 3.8) is 0 Å². The Hall–Kier alpha value is -1.43. The predicted molar refractivity (Wildman–Crippen MR) is 67.6 cm³/mol. The summed E-state index contributed by atoms with van der Waals surface area (Å²) in [6.45, 7) is 1.11. The maximum atomic E-state index is 12.1. The first-order chi connectivity index (χ1) is 8.20. The van der Waals surface area contributed by atoms with Gasteiger partial charge in [-0.05, 0) is 12.1 Å². The minimum atomic E-state index is -0.763. The van der Waals surface area contributed by atoms with Crippen LogP contribution in [0.3, 0.4) is 0 Å². The second-order valence-corrected chi connectivity index (χ2v) is 5.52. The average Bonchev–Trinajstić information content (AvgIpc) is 2.39. The molecule has 0 aromatic carbocycles. The summed E-state index contributed by atoms with van der Waals surface area (Å²) in [5, 5.41) is 2.95. The predicted octanol–water partition coefficient (Wildman–Crippen LogP) is 0.328. The number of aromatic nitrogens is 1. The fraction of sp³-hybridized carbons (Fsp3) is 0.455. The second kappa shape index (κ2) is 5.27. The van der Waals surface area contributed by atoms with Crippen LogP contribution in [-0.4, -0.2) is 51.6 Å². The van der Waals surface area contributed by atoms with E-state index in [1.165, 1.54) is 0 Å². The van der Waals surface area contributed by atoms with Crippen molar-refractivity contribution in [1.82, 2.24) is 9.88 Å². The molecule has 17 heavy (non-hydrogen) atoms. The highest BCUT2D eigenvalue weighted by atomic mass is 32.2. The zero-order valence-corrected chi connectivity index (χ0v) is 10.5. The van der Waals surface area contributed by atoms with Crippen LogP contribution in [0.2, 0.25) is 0 Å². The summed E-state index contributed by atoms with van der Waals surface area (Å²) in [6.07, 6.45) is 1.63. The lowest BCUT2D eigenvalue weighted by Gasteiger charge is -2.25. The zero-order chi connectivity index (χ0) is 12.3. The maximum Gasteiger partial charge on any atom is 0.272 e. The lowest BCUT2D eigenvalue weighted by atomic mass is 10.3. The molecule has 6 heteroatoms. The van der Waals surface area contributed by atoms with E-state index in [2.05, 4.69) is 10.3 Å². The molecule has 0 spiro atoms. The summed E-state index contributed by atoms with van der Waals surface area (Å²) in [5.74, 6) is 1.06. The molecule has 0 unspecified atom stereocenters. The van der Waals surface area contributed by atoms with E-state index >= 15 is 0 Å². The molecule has 1 amide bonds. The summed E-state index contributed by atoms with van der Waals surface area (Å²) < 4.78 is 11.2. The molecule has 1 aromatic heterocycles. The van der Waals surface area contributed by atoms with Crippen molar-refractivity contribution in [2.75, 3.05) is 37.0 Å². The summed E-state index contributed by atoms with van der Waals surface area (Å²) in [6, 6.07) is 3.53. The molecule has 0 bridgehead atoms. The number of carbonyl (C=O) groups excluding carboxylic acids is 1. The third kappa shape index (κ3) is 2.82. The van der Waals surface area contributed by atoms with Crippen molar-refractivity contribution in [2.45, 2.75) is 0 Å². The number of anilines is 1. The van der Waals surface area contributed by atoms with Gasteiger partial charge in [-0.1, -0.05) is 0 Å². The van der Waals surface area contributed by atoms with Crippen LogP contribution in [0.5, 0.6) is 0 Å². The van der Waals surface area contributed by atoms with Crippen LogP contribution in [-0.2, 0) is 10.8 Å². The van der Waals surface area contributed by atoms with E-state index in [4.69, 9.17) is 0 Å². The minimum absolute atomic E-state index is 0.0793. The van der Waals surface area contributed by atoms with Gasteiger partial charge in [0.2, 0.25) is 0 Å². The number of rotatable bonds is 2. The number of nitrogens with one attached hydrogen (secondary N) is 1. The minimum Gasteiger partial charge on any atom is -0.387 e. The van der Waals surface area contributed by atoms with Gasteiger partial charge < -0.3 is 10.2 Å². The van der Waals surface area contributed by atoms with Gasteiger partial charge in [0.1, 0.15) is 5.69 Å². The largest absolute Gasteiger partial charge is 0.387 e. The lowest BCUT2D eigenvalue weighted by molar-refractivity contribution is 0.0765. The Balaban J connectivity index is 2.05. The summed E-state index contributed by atoms with van der Waals surface area (Å²) in [5.41, 5.74) is 1.32. The second-order valence-electron chi connectivity index (χ2n) is 3.82. The third-order valence-corrected chi connectivity index (χ3v) is 4.01. The smallest absolute Gasteiger partial charge is 0.272 e. The van der Waals surface area contributed by atoms with Crippen LogP contribution in [0.4, 0.5) is 5.69 Å². The van der Waals surface area contributed by atoms with Gasteiger partial charge in [0.05, 0.1) is 11.9 Å². The summed E-state index contributed by atoms with van der Waals surface area (Å²) in [4.78, 5) is 17.9. The van der Waals surface area contributed by atoms with Crippen molar-refractivity contribution in [1.29, 1.82) is 0 Å². The number of amides is 1. The number of pyridine rings is 1. The molecule has 0 saturated carbocycles. The fourth-order valence-electron chi connectivity index (χ4n) is 1.67. The summed E-state index contributed by atoms with van der Waals surface area (Å²) >= 11 is 0. The van der Waals surface area contributed by atoms with Crippen LogP contribution < -0.4 is 5.32 Å². The van der Waals surface area contributed by atoms with Gasteiger partial charge in [-0.25, -0.2) is 4.98 Å². The Bertz CT molecular complexity index is 423. The van der Waals surface area contributed by atoms with Crippen LogP contribution in [0.1, 0.15) is 10.5 Å². The third-order valence-electron chi connectivity index (χ3n) is 2.74. The highest BCUT2D eigenvalue weighted by Crippen LogP contribution is 2.09. The van der Waals surface area contributed by atoms with Crippen molar-refractivity contribution in [2.24, 2.45) is 0 Å². The molecule has 1 saturated heterocycles. The molecule has 0 atom stereocenters. The highest BCUT2D eigenvalue weighted by Gasteiger charge is 2.21. The molecule has 1 aromatic rings. The monoisotopic (exact) mass is 253 g/mol. The van der Waals surface area contributed by atoms with Gasteiger partial charge in [0.25, 0.3) is 5.91 Å². The fourth-order valence-corrected chi connectivity index (χ4v) is 2.72. The molecule has 1 aliphatic heterocycles. The van der Waals surface area contributed by atoms with Crippen LogP contribution in [0, 0.1) is 0 Å². The molecule has 1 aliphatic rings. The van der Waals surface area contributed by atoms with Gasteiger partial charge >= 0.3 is 0 Å². The van der Waals surface area contributed by atoms with Crippen molar-refractivity contribution >= 4 is 22.4 Å². The first kappa shape index (κ1) is 12.0. The Labute approximate surface area is 103 Å².